The topological polar surface area (TPSA) is 84.5 Å². The number of hydrogen-bond donors (Lipinski definition) is 2. The lowest BCUT2D eigenvalue weighted by Crippen LogP contribution is -2.34. The van der Waals surface area contributed by atoms with Crippen LogP contribution in [0, 0.1) is 0 Å². The van der Waals surface area contributed by atoms with Gasteiger partial charge in [0.1, 0.15) is 10.8 Å². The van der Waals surface area contributed by atoms with E-state index in [1.165, 1.54) is 0 Å². The van der Waals surface area contributed by atoms with Crippen molar-refractivity contribution in [2.24, 2.45) is 0 Å². The average Bonchev–Trinajstić information content (AvgIpc) is 2.14. The zero-order valence-electron chi connectivity index (χ0n) is 10.2. The lowest BCUT2D eigenvalue weighted by atomic mass is 10.2. The average molecular weight is 287 g/mol. The Hall–Kier alpha value is -0.530. The number of carbonyl (C=O) groups excluding carboxylic acids is 1. The lowest BCUT2D eigenvalue weighted by Gasteiger charge is -2.19. The van der Waals surface area contributed by atoms with E-state index >= 15 is 0 Å². The largest absolute Gasteiger partial charge is 0.444 e. The van der Waals surface area contributed by atoms with E-state index in [2.05, 4.69) is 10.0 Å². The minimum Gasteiger partial charge on any atom is -0.444 e. The van der Waals surface area contributed by atoms with Gasteiger partial charge in [-0.05, 0) is 27.2 Å². The number of rotatable bonds is 6. The quantitative estimate of drug-likeness (QED) is 0.564. The fourth-order valence-corrected chi connectivity index (χ4v) is 1.62. The molecule has 0 atom stereocenters. The molecular weight excluding hydrogens is 268 g/mol. The molecule has 8 heteroatoms. The number of alkyl halides is 1. The van der Waals surface area contributed by atoms with E-state index in [0.29, 0.717) is 13.0 Å². The summed E-state index contributed by atoms with van der Waals surface area (Å²) in [5.74, 6) is 0. The van der Waals surface area contributed by atoms with Gasteiger partial charge in [-0.3, -0.25) is 0 Å². The van der Waals surface area contributed by atoms with Crippen LogP contribution in [-0.2, 0) is 14.8 Å². The smallest absolute Gasteiger partial charge is 0.407 e. The second kappa shape index (κ2) is 7.03. The second-order valence-electron chi connectivity index (χ2n) is 4.40. The molecule has 6 nitrogen and oxygen atoms in total. The monoisotopic (exact) mass is 286 g/mol. The van der Waals surface area contributed by atoms with Crippen molar-refractivity contribution < 1.29 is 17.9 Å². The number of nitrogens with one attached hydrogen (secondary N) is 2. The molecule has 0 saturated heterocycles. The molecule has 0 bridgehead atoms. The fourth-order valence-electron chi connectivity index (χ4n) is 0.859. The molecule has 0 radical (unpaired) electrons. The number of alkyl carbamates (subject to hydrolysis) is 1. The molecule has 0 fully saturated rings. The summed E-state index contributed by atoms with van der Waals surface area (Å²) in [6, 6.07) is 0. The molecule has 0 saturated carbocycles. The summed E-state index contributed by atoms with van der Waals surface area (Å²) in [4.78, 5) is 11.2. The maximum absolute atomic E-state index is 11.2. The summed E-state index contributed by atoms with van der Waals surface area (Å²) in [5.41, 5.74) is -0.537. The van der Waals surface area contributed by atoms with Crippen LogP contribution in [0.4, 0.5) is 4.79 Å². The maximum atomic E-state index is 11.2. The van der Waals surface area contributed by atoms with Crippen LogP contribution in [0.15, 0.2) is 0 Å². The van der Waals surface area contributed by atoms with E-state index in [9.17, 15) is 13.2 Å². The summed E-state index contributed by atoms with van der Waals surface area (Å²) in [7, 11) is -3.38. The zero-order chi connectivity index (χ0) is 13.5. The molecule has 0 rings (SSSR count). The van der Waals surface area contributed by atoms with E-state index in [4.69, 9.17) is 16.3 Å². The molecule has 1 amide bonds. The maximum Gasteiger partial charge on any atom is 0.407 e. The summed E-state index contributed by atoms with van der Waals surface area (Å²) < 4.78 is 29.1. The van der Waals surface area contributed by atoms with Crippen molar-refractivity contribution in [3.05, 3.63) is 0 Å². The summed E-state index contributed by atoms with van der Waals surface area (Å²) in [5, 5.41) is 2.05. The molecule has 0 aromatic carbocycles. The van der Waals surface area contributed by atoms with Crippen LogP contribution in [0.3, 0.4) is 0 Å². The second-order valence-corrected chi connectivity index (χ2v) is 6.79. The first-order valence-corrected chi connectivity index (χ1v) is 7.35. The predicted molar refractivity (Wildman–Crippen MR) is 66.5 cm³/mol. The number of hydrogen-bond acceptors (Lipinski definition) is 4. The van der Waals surface area contributed by atoms with E-state index in [0.717, 1.165) is 0 Å². The van der Waals surface area contributed by atoms with Crippen molar-refractivity contribution in [1.29, 1.82) is 0 Å². The Balaban J connectivity index is 3.63. The molecule has 0 heterocycles. The van der Waals surface area contributed by atoms with Crippen molar-refractivity contribution in [3.63, 3.8) is 0 Å². The SMILES string of the molecule is CC(C)(C)OC(=O)NCCCNS(=O)(=O)CCl. The van der Waals surface area contributed by atoms with Gasteiger partial charge in [-0.2, -0.15) is 0 Å². The molecule has 0 aromatic heterocycles. The number of halogens is 1. The normalized spacial score (nSPS) is 12.2. The van der Waals surface area contributed by atoms with Crippen molar-refractivity contribution in [1.82, 2.24) is 10.0 Å². The summed E-state index contributed by atoms with van der Waals surface area (Å²) >= 11 is 5.19. The number of carbonyl (C=O) groups is 1. The number of sulfonamides is 1. The molecule has 0 unspecified atom stereocenters. The van der Waals surface area contributed by atoms with Crippen LogP contribution >= 0.6 is 11.6 Å². The number of amides is 1. The number of ether oxygens (including phenoxy) is 1. The predicted octanol–water partition coefficient (Wildman–Crippen LogP) is 1.02. The first kappa shape index (κ1) is 16.5. The molecule has 0 aromatic rings. The first-order chi connectivity index (χ1) is 7.66. The van der Waals surface area contributed by atoms with E-state index in [1.807, 2.05) is 0 Å². The van der Waals surface area contributed by atoms with Gasteiger partial charge in [-0.15, -0.1) is 11.6 Å². The highest BCUT2D eigenvalue weighted by Crippen LogP contribution is 2.06. The minimum atomic E-state index is -3.38. The van der Waals surface area contributed by atoms with Crippen molar-refractivity contribution in [2.75, 3.05) is 18.3 Å². The van der Waals surface area contributed by atoms with E-state index < -0.39 is 26.9 Å². The van der Waals surface area contributed by atoms with Gasteiger partial charge in [0.2, 0.25) is 10.0 Å². The van der Waals surface area contributed by atoms with Gasteiger partial charge in [0.25, 0.3) is 0 Å². The Labute approximate surface area is 107 Å². The third-order valence-electron chi connectivity index (χ3n) is 1.49. The van der Waals surface area contributed by atoms with Gasteiger partial charge >= 0.3 is 6.09 Å². The Morgan fingerprint density at radius 2 is 1.88 bits per heavy atom. The van der Waals surface area contributed by atoms with Crippen LogP contribution < -0.4 is 10.0 Å². The van der Waals surface area contributed by atoms with Gasteiger partial charge in [0, 0.05) is 13.1 Å². The molecule has 0 aliphatic heterocycles. The van der Waals surface area contributed by atoms with Crippen LogP contribution in [0.5, 0.6) is 0 Å². The summed E-state index contributed by atoms with van der Waals surface area (Å²) in [6.07, 6.45) is -0.0484. The lowest BCUT2D eigenvalue weighted by molar-refractivity contribution is 0.0527. The molecule has 102 valence electrons. The van der Waals surface area contributed by atoms with Crippen LogP contribution in [0.25, 0.3) is 0 Å². The van der Waals surface area contributed by atoms with E-state index in [1.54, 1.807) is 20.8 Å². The van der Waals surface area contributed by atoms with Gasteiger partial charge in [-0.25, -0.2) is 17.9 Å². The summed E-state index contributed by atoms with van der Waals surface area (Å²) in [6.45, 7) is 5.86. The van der Waals surface area contributed by atoms with Gasteiger partial charge in [0.05, 0.1) is 0 Å². The molecular formula is C9H19ClN2O4S. The van der Waals surface area contributed by atoms with Crippen LogP contribution in [0.1, 0.15) is 27.2 Å². The molecule has 0 aliphatic rings. The van der Waals surface area contributed by atoms with Crippen molar-refractivity contribution in [2.45, 2.75) is 32.8 Å². The fraction of sp³-hybridized carbons (Fsp3) is 0.889. The third kappa shape index (κ3) is 10.3. The van der Waals surface area contributed by atoms with Crippen molar-refractivity contribution >= 4 is 27.7 Å². The molecule has 17 heavy (non-hydrogen) atoms. The Morgan fingerprint density at radius 1 is 1.29 bits per heavy atom. The molecule has 2 N–H and O–H groups in total. The van der Waals surface area contributed by atoms with Crippen molar-refractivity contribution in [3.8, 4) is 0 Å². The van der Waals surface area contributed by atoms with Crippen LogP contribution in [-0.4, -0.2) is 38.4 Å². The van der Waals surface area contributed by atoms with Gasteiger partial charge < -0.3 is 10.1 Å². The standard InChI is InChI=1S/C9H19ClN2O4S/c1-9(2,3)16-8(13)11-5-4-6-12-17(14,15)7-10/h12H,4-7H2,1-3H3,(H,11,13). The third-order valence-corrected chi connectivity index (χ3v) is 3.28. The Morgan fingerprint density at radius 3 is 2.35 bits per heavy atom. The zero-order valence-corrected chi connectivity index (χ0v) is 11.8. The highest BCUT2D eigenvalue weighted by atomic mass is 35.5. The first-order valence-electron chi connectivity index (χ1n) is 5.16. The van der Waals surface area contributed by atoms with Crippen LogP contribution in [0.2, 0.25) is 0 Å². The van der Waals surface area contributed by atoms with Gasteiger partial charge in [-0.1, -0.05) is 0 Å². The van der Waals surface area contributed by atoms with E-state index in [-0.39, 0.29) is 6.54 Å². The highest BCUT2D eigenvalue weighted by molar-refractivity contribution is 7.90. The highest BCUT2D eigenvalue weighted by Gasteiger charge is 2.15. The Bertz CT molecular complexity index is 337. The molecule has 0 aliphatic carbocycles. The minimum absolute atomic E-state index is 0.227. The molecule has 0 spiro atoms. The van der Waals surface area contributed by atoms with Gasteiger partial charge in [0.15, 0.2) is 0 Å². The Kier molecular flexibility index (Phi) is 6.81.